The first-order valence-electron chi connectivity index (χ1n) is 11.4. The number of sulfonamides is 1. The number of hydrogen-bond acceptors (Lipinski definition) is 6. The summed E-state index contributed by atoms with van der Waals surface area (Å²) < 4.78 is 65.6. The number of amidine groups is 1. The highest BCUT2D eigenvalue weighted by Gasteiger charge is 2.38. The molecule has 0 saturated carbocycles. The lowest BCUT2D eigenvalue weighted by Gasteiger charge is -2.18. The number of hydrogen-bond donors (Lipinski definition) is 4. The third-order valence-electron chi connectivity index (χ3n) is 5.87. The molecule has 40 heavy (non-hydrogen) atoms. The maximum Gasteiger partial charge on any atom is 0.490 e. The van der Waals surface area contributed by atoms with Gasteiger partial charge < -0.3 is 20.5 Å². The highest BCUT2D eigenvalue weighted by atomic mass is 35.5. The molecule has 214 valence electrons. The Morgan fingerprint density at radius 1 is 1.23 bits per heavy atom. The van der Waals surface area contributed by atoms with Gasteiger partial charge in [0.05, 0.1) is 17.0 Å². The number of carbonyl (C=O) groups is 2. The largest absolute Gasteiger partial charge is 0.495 e. The molecular formula is C25H24ClF3N4O6S. The minimum Gasteiger partial charge on any atom is -0.495 e. The topological polar surface area (TPSA) is 163 Å². The van der Waals surface area contributed by atoms with E-state index in [0.717, 1.165) is 10.9 Å². The predicted molar refractivity (Wildman–Crippen MR) is 141 cm³/mol. The van der Waals surface area contributed by atoms with E-state index in [9.17, 15) is 26.4 Å². The van der Waals surface area contributed by atoms with Crippen molar-refractivity contribution in [1.82, 2.24) is 9.62 Å². The van der Waals surface area contributed by atoms with E-state index in [1.54, 1.807) is 41.3 Å². The van der Waals surface area contributed by atoms with Crippen molar-refractivity contribution < 1.29 is 41.0 Å². The molecule has 1 amide bonds. The molecule has 1 aliphatic rings. The van der Waals surface area contributed by atoms with Gasteiger partial charge in [-0.05, 0) is 41.6 Å². The Kier molecular flexibility index (Phi) is 9.28. The summed E-state index contributed by atoms with van der Waals surface area (Å²) in [5, 5.41) is 16.3. The number of ether oxygens (including phenoxy) is 1. The molecule has 0 spiro atoms. The number of fused-ring (bicyclic) bond motifs is 1. The van der Waals surface area contributed by atoms with E-state index in [0.29, 0.717) is 41.2 Å². The summed E-state index contributed by atoms with van der Waals surface area (Å²) in [5.41, 5.74) is 6.93. The molecule has 10 nitrogen and oxygen atoms in total. The van der Waals surface area contributed by atoms with Crippen molar-refractivity contribution in [3.63, 3.8) is 0 Å². The number of aliphatic carboxylic acids is 1. The molecule has 0 radical (unpaired) electrons. The van der Waals surface area contributed by atoms with Crippen LogP contribution in [0.25, 0.3) is 10.8 Å². The SMILES string of the molecule is COc1ccc2ccc(S(=O)(=O)N[C@H]3CCN(Cc4cccc(C(=N)N)c4)C3=O)cc2c1Cl.O=C(O)C(F)(F)F. The van der Waals surface area contributed by atoms with Gasteiger partial charge in [0.25, 0.3) is 0 Å². The van der Waals surface area contributed by atoms with E-state index < -0.39 is 28.2 Å². The quantitative estimate of drug-likeness (QED) is 0.238. The molecule has 1 atom stereocenters. The van der Waals surface area contributed by atoms with Gasteiger partial charge in [-0.1, -0.05) is 41.9 Å². The first-order chi connectivity index (χ1) is 18.6. The smallest absolute Gasteiger partial charge is 0.490 e. The van der Waals surface area contributed by atoms with Crippen LogP contribution in [0.4, 0.5) is 13.2 Å². The zero-order valence-electron chi connectivity index (χ0n) is 20.8. The molecule has 1 saturated heterocycles. The van der Waals surface area contributed by atoms with Crippen LogP contribution in [0.2, 0.25) is 5.02 Å². The van der Waals surface area contributed by atoms with Crippen molar-refractivity contribution in [2.75, 3.05) is 13.7 Å². The van der Waals surface area contributed by atoms with Crippen molar-refractivity contribution in [1.29, 1.82) is 5.41 Å². The van der Waals surface area contributed by atoms with Crippen LogP contribution in [0.15, 0.2) is 59.5 Å². The minimum atomic E-state index is -5.08. The second kappa shape index (κ2) is 12.1. The predicted octanol–water partition coefficient (Wildman–Crippen LogP) is 3.50. The summed E-state index contributed by atoms with van der Waals surface area (Å²) in [7, 11) is -2.47. The third kappa shape index (κ3) is 7.20. The van der Waals surface area contributed by atoms with Crippen molar-refractivity contribution in [2.45, 2.75) is 30.1 Å². The lowest BCUT2D eigenvalue weighted by Crippen LogP contribution is -2.41. The highest BCUT2D eigenvalue weighted by molar-refractivity contribution is 7.89. The summed E-state index contributed by atoms with van der Waals surface area (Å²) in [6.45, 7) is 0.723. The Labute approximate surface area is 232 Å². The van der Waals surface area contributed by atoms with Gasteiger partial charge in [0, 0.05) is 24.0 Å². The van der Waals surface area contributed by atoms with Crippen molar-refractivity contribution in [3.05, 3.63) is 70.7 Å². The number of nitrogens with zero attached hydrogens (tertiary/aromatic N) is 1. The van der Waals surface area contributed by atoms with Crippen LogP contribution < -0.4 is 15.2 Å². The number of methoxy groups -OCH3 is 1. The number of rotatable bonds is 7. The lowest BCUT2D eigenvalue weighted by molar-refractivity contribution is -0.192. The van der Waals surface area contributed by atoms with Gasteiger partial charge >= 0.3 is 12.1 Å². The maximum atomic E-state index is 13.0. The Morgan fingerprint density at radius 3 is 2.48 bits per heavy atom. The fourth-order valence-corrected chi connectivity index (χ4v) is 5.44. The number of nitrogens with two attached hydrogens (primary N) is 1. The number of likely N-dealkylation sites (tertiary alicyclic amines) is 1. The first kappa shape index (κ1) is 30.7. The number of carboxylic acids is 1. The number of alkyl halides is 3. The second-order valence-electron chi connectivity index (χ2n) is 8.60. The van der Waals surface area contributed by atoms with Gasteiger partial charge in [0.15, 0.2) is 0 Å². The van der Waals surface area contributed by atoms with E-state index in [-0.39, 0.29) is 16.6 Å². The van der Waals surface area contributed by atoms with E-state index in [1.807, 2.05) is 6.07 Å². The zero-order chi connectivity index (χ0) is 29.8. The molecule has 15 heteroatoms. The van der Waals surface area contributed by atoms with Crippen LogP contribution in [0, 0.1) is 5.41 Å². The molecule has 1 heterocycles. The number of carbonyl (C=O) groups excluding carboxylic acids is 1. The number of carboxylic acid groups (broad SMARTS) is 1. The molecule has 5 N–H and O–H groups in total. The molecule has 4 rings (SSSR count). The molecule has 3 aromatic carbocycles. The maximum absolute atomic E-state index is 13.0. The normalized spacial score (nSPS) is 15.5. The number of amides is 1. The molecule has 0 aliphatic carbocycles. The Morgan fingerprint density at radius 2 is 1.88 bits per heavy atom. The average Bonchev–Trinajstić information content (AvgIpc) is 3.22. The standard InChI is InChI=1S/C23H23ClN4O4S.C2HF3O2/c1-32-20-8-6-15-5-7-17(12-18(15)21(20)24)33(30,31)27-19-9-10-28(23(19)29)13-14-3-2-4-16(11-14)22(25)26;3-2(4,5)1(6)7/h2-8,11-12,19,27H,9-10,13H2,1H3,(H3,25,26);(H,6,7)/t19-;/m0./s1. The van der Waals surface area contributed by atoms with E-state index in [2.05, 4.69) is 4.72 Å². The molecule has 3 aromatic rings. The molecule has 0 unspecified atom stereocenters. The fourth-order valence-electron chi connectivity index (χ4n) is 3.89. The van der Waals surface area contributed by atoms with Crippen LogP contribution in [0.1, 0.15) is 17.5 Å². The zero-order valence-corrected chi connectivity index (χ0v) is 22.4. The number of nitrogens with one attached hydrogen (secondary N) is 2. The number of nitrogen functional groups attached to an aromatic ring is 1. The molecule has 0 aromatic heterocycles. The van der Waals surface area contributed by atoms with Gasteiger partial charge in [-0.3, -0.25) is 10.2 Å². The second-order valence-corrected chi connectivity index (χ2v) is 10.7. The van der Waals surface area contributed by atoms with E-state index in [4.69, 9.17) is 37.4 Å². The van der Waals surface area contributed by atoms with Crippen LogP contribution in [-0.4, -0.2) is 62.0 Å². The summed E-state index contributed by atoms with van der Waals surface area (Å²) in [5.74, 6) is -2.66. The van der Waals surface area contributed by atoms with Crippen molar-refractivity contribution in [2.24, 2.45) is 5.73 Å². The Balaban J connectivity index is 0.000000559. The molecule has 0 bridgehead atoms. The monoisotopic (exact) mass is 600 g/mol. The fraction of sp³-hybridized carbons (Fsp3) is 0.240. The molecular weight excluding hydrogens is 577 g/mol. The summed E-state index contributed by atoms with van der Waals surface area (Å²) in [6.07, 6.45) is -4.73. The van der Waals surface area contributed by atoms with Gasteiger partial charge in [-0.25, -0.2) is 13.2 Å². The molecule has 1 aliphatic heterocycles. The number of benzene rings is 3. The van der Waals surface area contributed by atoms with Crippen LogP contribution in [0.3, 0.4) is 0 Å². The van der Waals surface area contributed by atoms with Gasteiger partial charge in [-0.15, -0.1) is 0 Å². The van der Waals surface area contributed by atoms with Gasteiger partial charge in [0.2, 0.25) is 15.9 Å². The molecule has 1 fully saturated rings. The van der Waals surface area contributed by atoms with E-state index >= 15 is 0 Å². The number of halogens is 4. The third-order valence-corrected chi connectivity index (χ3v) is 7.73. The van der Waals surface area contributed by atoms with Crippen LogP contribution in [-0.2, 0) is 26.2 Å². The van der Waals surface area contributed by atoms with Gasteiger partial charge in [0.1, 0.15) is 17.6 Å². The van der Waals surface area contributed by atoms with Crippen molar-refractivity contribution in [3.8, 4) is 5.75 Å². The summed E-state index contributed by atoms with van der Waals surface area (Å²) in [4.78, 5) is 23.4. The highest BCUT2D eigenvalue weighted by Crippen LogP contribution is 2.34. The average molecular weight is 601 g/mol. The minimum absolute atomic E-state index is 0.0190. The van der Waals surface area contributed by atoms with Gasteiger partial charge in [-0.2, -0.15) is 17.9 Å². The lowest BCUT2D eigenvalue weighted by atomic mass is 10.1. The van der Waals surface area contributed by atoms with Crippen molar-refractivity contribution >= 4 is 50.1 Å². The summed E-state index contributed by atoms with van der Waals surface area (Å²) >= 11 is 6.36. The summed E-state index contributed by atoms with van der Waals surface area (Å²) in [6, 6.07) is 14.4. The Bertz CT molecular complexity index is 1570. The Hall–Kier alpha value is -3.88. The van der Waals surface area contributed by atoms with Crippen LogP contribution in [0.5, 0.6) is 5.75 Å². The van der Waals surface area contributed by atoms with E-state index in [1.165, 1.54) is 19.2 Å². The first-order valence-corrected chi connectivity index (χ1v) is 13.3. The van der Waals surface area contributed by atoms with Crippen LogP contribution >= 0.6 is 11.6 Å².